The molecule has 0 bridgehead atoms. The molecule has 37 heavy (non-hydrogen) atoms. The van der Waals surface area contributed by atoms with Gasteiger partial charge in [-0.25, -0.2) is 27.3 Å². The maximum atomic E-state index is 14.7. The molecule has 0 aliphatic carbocycles. The summed E-state index contributed by atoms with van der Waals surface area (Å²) >= 11 is 0. The van der Waals surface area contributed by atoms with Crippen molar-refractivity contribution in [1.82, 2.24) is 9.97 Å². The highest BCUT2D eigenvalue weighted by atomic mass is 19.3. The second-order valence-corrected chi connectivity index (χ2v) is 8.29. The van der Waals surface area contributed by atoms with Crippen molar-refractivity contribution in [3.05, 3.63) is 86.5 Å². The summed E-state index contributed by atoms with van der Waals surface area (Å²) in [5.74, 6) is -2.14. The fraction of sp³-hybridized carbons (Fsp3) is 0.200. The summed E-state index contributed by atoms with van der Waals surface area (Å²) in [6.45, 7) is 4.59. The number of nitrogen functional groups attached to an aromatic ring is 1. The molecule has 2 aromatic heterocycles. The van der Waals surface area contributed by atoms with E-state index in [9.17, 15) is 27.2 Å². The molecule has 0 aliphatic rings. The van der Waals surface area contributed by atoms with Gasteiger partial charge in [0, 0.05) is 11.3 Å². The lowest BCUT2D eigenvalue weighted by Crippen LogP contribution is -2.21. The second kappa shape index (κ2) is 9.88. The van der Waals surface area contributed by atoms with Crippen LogP contribution in [0.1, 0.15) is 52.3 Å². The van der Waals surface area contributed by atoms with Crippen molar-refractivity contribution >= 4 is 34.2 Å². The lowest BCUT2D eigenvalue weighted by Gasteiger charge is -2.19. The third-order valence-electron chi connectivity index (χ3n) is 5.74. The van der Waals surface area contributed by atoms with Crippen LogP contribution in [0.5, 0.6) is 0 Å². The second-order valence-electron chi connectivity index (χ2n) is 8.29. The van der Waals surface area contributed by atoms with Crippen molar-refractivity contribution in [1.29, 1.82) is 0 Å². The molecule has 4 aromatic rings. The van der Waals surface area contributed by atoms with Crippen LogP contribution in [0, 0.1) is 25.5 Å². The molecular formula is C25H21F4N5O3. The molecule has 2 heterocycles. The number of fused-ring (bicyclic) bond motifs is 1. The molecule has 0 unspecified atom stereocenters. The van der Waals surface area contributed by atoms with Gasteiger partial charge in [-0.05, 0) is 44.5 Å². The van der Waals surface area contributed by atoms with Gasteiger partial charge in [-0.2, -0.15) is 4.98 Å². The summed E-state index contributed by atoms with van der Waals surface area (Å²) in [4.78, 5) is 33.9. The number of nitrogens with two attached hydrogens (primary N) is 1. The van der Waals surface area contributed by atoms with E-state index >= 15 is 0 Å². The summed E-state index contributed by atoms with van der Waals surface area (Å²) in [7, 11) is 0. The zero-order valence-corrected chi connectivity index (χ0v) is 19.8. The summed E-state index contributed by atoms with van der Waals surface area (Å²) in [6, 6.07) is 6.03. The van der Waals surface area contributed by atoms with Crippen molar-refractivity contribution in [2.24, 2.45) is 0 Å². The highest BCUT2D eigenvalue weighted by Crippen LogP contribution is 2.32. The van der Waals surface area contributed by atoms with E-state index in [4.69, 9.17) is 10.2 Å². The number of hydrogen-bond donors (Lipinski definition) is 3. The lowest BCUT2D eigenvalue weighted by molar-refractivity contribution is 0.102. The van der Waals surface area contributed by atoms with E-state index in [-0.39, 0.29) is 50.8 Å². The Labute approximate surface area is 207 Å². The standard InChI is InChI=1S/C25H21F4N5O3/c1-10-18-22(31-11(2)14-5-4-6-16(19(14)27)21(28)29)32-12(3)33-24(18)37-25(36)20(10)34-23(35)15-8-7-13(26)9-17(15)30/h4-9,11,21H,30H2,1-3H3,(H,34,35)(H,31,32,33)/t11-/m1/s1. The average Bonchev–Trinajstić information content (AvgIpc) is 2.81. The zero-order chi connectivity index (χ0) is 27.0. The van der Waals surface area contributed by atoms with E-state index in [0.29, 0.717) is 0 Å². The zero-order valence-electron chi connectivity index (χ0n) is 19.8. The Morgan fingerprint density at radius 2 is 1.78 bits per heavy atom. The fourth-order valence-electron chi connectivity index (χ4n) is 3.90. The smallest absolute Gasteiger partial charge is 0.361 e. The van der Waals surface area contributed by atoms with E-state index in [1.54, 1.807) is 6.92 Å². The van der Waals surface area contributed by atoms with Crippen LogP contribution in [-0.2, 0) is 0 Å². The van der Waals surface area contributed by atoms with Gasteiger partial charge in [0.25, 0.3) is 12.3 Å². The molecule has 0 saturated carbocycles. The van der Waals surface area contributed by atoms with Gasteiger partial charge in [0.1, 0.15) is 29.0 Å². The van der Waals surface area contributed by atoms with Crippen LogP contribution in [-0.4, -0.2) is 15.9 Å². The summed E-state index contributed by atoms with van der Waals surface area (Å²) in [5, 5.41) is 5.59. The first-order chi connectivity index (χ1) is 17.5. The predicted octanol–water partition coefficient (Wildman–Crippen LogP) is 5.42. The number of rotatable bonds is 6. The largest absolute Gasteiger partial charge is 0.402 e. The number of aryl methyl sites for hydroxylation is 2. The van der Waals surface area contributed by atoms with Gasteiger partial charge < -0.3 is 20.8 Å². The molecule has 4 N–H and O–H groups in total. The highest BCUT2D eigenvalue weighted by Gasteiger charge is 2.23. The first-order valence-corrected chi connectivity index (χ1v) is 11.0. The molecule has 192 valence electrons. The van der Waals surface area contributed by atoms with Crippen LogP contribution in [0.25, 0.3) is 11.1 Å². The molecular weight excluding hydrogens is 494 g/mol. The number of amides is 1. The molecule has 0 spiro atoms. The van der Waals surface area contributed by atoms with Crippen molar-refractivity contribution < 1.29 is 26.8 Å². The van der Waals surface area contributed by atoms with E-state index < -0.39 is 41.2 Å². The van der Waals surface area contributed by atoms with Gasteiger partial charge in [0.2, 0.25) is 5.71 Å². The van der Waals surface area contributed by atoms with Crippen LogP contribution in [0.2, 0.25) is 0 Å². The summed E-state index contributed by atoms with van der Waals surface area (Å²) in [5.41, 5.74) is 3.72. The minimum absolute atomic E-state index is 0.0300. The fourth-order valence-corrected chi connectivity index (χ4v) is 3.90. The van der Waals surface area contributed by atoms with E-state index in [1.165, 1.54) is 32.0 Å². The van der Waals surface area contributed by atoms with Gasteiger partial charge >= 0.3 is 5.63 Å². The van der Waals surface area contributed by atoms with Crippen molar-refractivity contribution in [2.75, 3.05) is 16.4 Å². The Morgan fingerprint density at radius 1 is 1.08 bits per heavy atom. The molecule has 12 heteroatoms. The number of anilines is 3. The molecule has 0 aliphatic heterocycles. The molecule has 4 rings (SSSR count). The number of carbonyl (C=O) groups excluding carboxylic acids is 1. The van der Waals surface area contributed by atoms with Crippen LogP contribution in [0.3, 0.4) is 0 Å². The molecule has 0 saturated heterocycles. The number of aromatic nitrogens is 2. The lowest BCUT2D eigenvalue weighted by atomic mass is 10.0. The van der Waals surface area contributed by atoms with E-state index in [1.807, 2.05) is 0 Å². The number of nitrogens with one attached hydrogen (secondary N) is 2. The van der Waals surface area contributed by atoms with Gasteiger partial charge in [0.15, 0.2) is 0 Å². The van der Waals surface area contributed by atoms with Gasteiger partial charge in [-0.3, -0.25) is 4.79 Å². The van der Waals surface area contributed by atoms with Crippen molar-refractivity contribution in [3.63, 3.8) is 0 Å². The highest BCUT2D eigenvalue weighted by molar-refractivity contribution is 6.09. The Hall–Kier alpha value is -4.48. The Bertz CT molecular complexity index is 1590. The quantitative estimate of drug-likeness (QED) is 0.231. The van der Waals surface area contributed by atoms with Crippen LogP contribution in [0.4, 0.5) is 34.8 Å². The Kier molecular flexibility index (Phi) is 6.84. The number of hydrogen-bond acceptors (Lipinski definition) is 7. The average molecular weight is 515 g/mol. The third kappa shape index (κ3) is 4.95. The number of nitrogens with zero attached hydrogens (tertiary/aromatic N) is 2. The first-order valence-electron chi connectivity index (χ1n) is 11.0. The van der Waals surface area contributed by atoms with Crippen LogP contribution in [0.15, 0.2) is 45.6 Å². The van der Waals surface area contributed by atoms with Gasteiger partial charge in [-0.15, -0.1) is 0 Å². The van der Waals surface area contributed by atoms with Crippen LogP contribution >= 0.6 is 0 Å². The first kappa shape index (κ1) is 25.6. The minimum Gasteiger partial charge on any atom is -0.402 e. The number of benzene rings is 2. The molecule has 1 amide bonds. The number of carbonyl (C=O) groups is 1. The Morgan fingerprint density at radius 3 is 2.46 bits per heavy atom. The van der Waals surface area contributed by atoms with Crippen LogP contribution < -0.4 is 22.0 Å². The number of halogens is 4. The monoisotopic (exact) mass is 515 g/mol. The maximum absolute atomic E-state index is 14.7. The van der Waals surface area contributed by atoms with Crippen molar-refractivity contribution in [3.8, 4) is 0 Å². The normalized spacial score (nSPS) is 12.1. The number of alkyl halides is 2. The SMILES string of the molecule is Cc1nc(N[C@H](C)c2cccc(C(F)F)c2F)c2c(C)c(NC(=O)c3ccc(F)cc3N)c(=O)oc2n1. The molecule has 8 nitrogen and oxygen atoms in total. The predicted molar refractivity (Wildman–Crippen MR) is 130 cm³/mol. The summed E-state index contributed by atoms with van der Waals surface area (Å²) in [6.07, 6.45) is -2.99. The minimum atomic E-state index is -2.99. The van der Waals surface area contributed by atoms with E-state index in [2.05, 4.69) is 20.6 Å². The maximum Gasteiger partial charge on any atom is 0.361 e. The van der Waals surface area contributed by atoms with Gasteiger partial charge in [-0.1, -0.05) is 18.2 Å². The van der Waals surface area contributed by atoms with Crippen molar-refractivity contribution in [2.45, 2.75) is 33.2 Å². The summed E-state index contributed by atoms with van der Waals surface area (Å²) < 4.78 is 59.8. The van der Waals surface area contributed by atoms with E-state index in [0.717, 1.165) is 18.2 Å². The third-order valence-corrected chi connectivity index (χ3v) is 5.74. The van der Waals surface area contributed by atoms with Gasteiger partial charge in [0.05, 0.1) is 22.6 Å². The molecule has 0 radical (unpaired) electrons. The molecule has 1 atom stereocenters. The topological polar surface area (TPSA) is 123 Å². The Balaban J connectivity index is 1.77. The molecule has 0 fully saturated rings. The molecule has 2 aromatic carbocycles.